The summed E-state index contributed by atoms with van der Waals surface area (Å²) in [5.41, 5.74) is 0.850. The van der Waals surface area contributed by atoms with Gasteiger partial charge in [-0.15, -0.1) is 0 Å². The lowest BCUT2D eigenvalue weighted by atomic mass is 10.1. The molecular weight excluding hydrogens is 541 g/mol. The molecule has 0 spiro atoms. The molecule has 3 aromatic carbocycles. The Hall–Kier alpha value is -4.03. The fourth-order valence-corrected chi connectivity index (χ4v) is 6.17. The number of nitrogens with zero attached hydrogens (tertiary/aromatic N) is 3. The molecule has 40 heavy (non-hydrogen) atoms. The van der Waals surface area contributed by atoms with Gasteiger partial charge in [0.25, 0.3) is 10.0 Å². The normalized spacial score (nSPS) is 15.1. The van der Waals surface area contributed by atoms with Gasteiger partial charge in [-0.25, -0.2) is 12.8 Å². The summed E-state index contributed by atoms with van der Waals surface area (Å²) >= 11 is 0. The molecule has 1 amide bonds. The molecule has 2 aliphatic rings. The number of para-hydroxylation sites is 1. The van der Waals surface area contributed by atoms with Gasteiger partial charge in [0, 0.05) is 38.8 Å². The molecule has 12 heteroatoms. The third-order valence-corrected chi connectivity index (χ3v) is 8.67. The minimum Gasteiger partial charge on any atom is -0.493 e. The first kappa shape index (κ1) is 27.5. The molecule has 212 valence electrons. The van der Waals surface area contributed by atoms with Crippen LogP contribution >= 0.6 is 0 Å². The second-order valence-corrected chi connectivity index (χ2v) is 11.2. The highest BCUT2D eigenvalue weighted by Gasteiger charge is 2.32. The van der Waals surface area contributed by atoms with Gasteiger partial charge in [-0.2, -0.15) is 0 Å². The number of amides is 1. The topological polar surface area (TPSA) is 97.9 Å². The number of carbonyl (C=O) groups is 1. The Morgan fingerprint density at radius 1 is 0.925 bits per heavy atom. The molecule has 0 unspecified atom stereocenters. The summed E-state index contributed by atoms with van der Waals surface area (Å²) in [6.45, 7) is 2.35. The molecule has 5 rings (SSSR count). The largest absolute Gasteiger partial charge is 0.493 e. The number of sulfonamides is 1. The number of hydrogen-bond acceptors (Lipinski definition) is 8. The average Bonchev–Trinajstić information content (AvgIpc) is 3.44. The molecule has 3 aromatic rings. The van der Waals surface area contributed by atoms with E-state index in [1.165, 1.54) is 50.6 Å². The molecule has 0 radical (unpaired) electrons. The van der Waals surface area contributed by atoms with Crippen molar-refractivity contribution in [1.82, 2.24) is 9.80 Å². The molecule has 1 fully saturated rings. The minimum absolute atomic E-state index is 0.158. The zero-order valence-corrected chi connectivity index (χ0v) is 23.0. The average molecular weight is 572 g/mol. The van der Waals surface area contributed by atoms with E-state index in [1.54, 1.807) is 4.90 Å². The Morgan fingerprint density at radius 3 is 2.38 bits per heavy atom. The molecule has 0 aliphatic carbocycles. The van der Waals surface area contributed by atoms with E-state index in [0.29, 0.717) is 38.5 Å². The summed E-state index contributed by atoms with van der Waals surface area (Å²) in [6, 6.07) is 15.4. The predicted molar refractivity (Wildman–Crippen MR) is 145 cm³/mol. The van der Waals surface area contributed by atoms with Gasteiger partial charge in [0.2, 0.25) is 12.7 Å². The van der Waals surface area contributed by atoms with Crippen LogP contribution in [0, 0.1) is 5.82 Å². The van der Waals surface area contributed by atoms with Crippen molar-refractivity contribution < 1.29 is 36.6 Å². The van der Waals surface area contributed by atoms with Crippen LogP contribution in [0.4, 0.5) is 10.1 Å². The number of hydrogen-bond donors (Lipinski definition) is 0. The first-order valence-electron chi connectivity index (χ1n) is 12.7. The maximum absolute atomic E-state index is 14.9. The Balaban J connectivity index is 1.31. The fraction of sp³-hybridized carbons (Fsp3) is 0.321. The van der Waals surface area contributed by atoms with Crippen molar-refractivity contribution in [3.8, 4) is 23.0 Å². The number of methoxy groups -OCH3 is 2. The smallest absolute Gasteiger partial charge is 0.265 e. The molecule has 10 nitrogen and oxygen atoms in total. The van der Waals surface area contributed by atoms with E-state index in [0.717, 1.165) is 27.4 Å². The summed E-state index contributed by atoms with van der Waals surface area (Å²) in [5.74, 6) is 0.801. The second-order valence-electron chi connectivity index (χ2n) is 9.32. The Labute approximate surface area is 232 Å². The van der Waals surface area contributed by atoms with Crippen molar-refractivity contribution in [3.05, 3.63) is 72.0 Å². The van der Waals surface area contributed by atoms with Gasteiger partial charge in [0.05, 0.1) is 24.8 Å². The number of anilines is 1. The first-order valence-corrected chi connectivity index (χ1v) is 14.1. The van der Waals surface area contributed by atoms with E-state index in [-0.39, 0.29) is 23.1 Å². The monoisotopic (exact) mass is 571 g/mol. The van der Waals surface area contributed by atoms with E-state index < -0.39 is 28.3 Å². The van der Waals surface area contributed by atoms with E-state index in [9.17, 15) is 17.6 Å². The maximum Gasteiger partial charge on any atom is 0.265 e. The van der Waals surface area contributed by atoms with Crippen molar-refractivity contribution in [2.45, 2.75) is 11.4 Å². The van der Waals surface area contributed by atoms with Crippen LogP contribution in [-0.4, -0.2) is 77.9 Å². The first-order chi connectivity index (χ1) is 19.3. The number of benzene rings is 3. The number of piperazine rings is 1. The van der Waals surface area contributed by atoms with Gasteiger partial charge in [-0.05, 0) is 42.0 Å². The van der Waals surface area contributed by atoms with Crippen molar-refractivity contribution in [3.63, 3.8) is 0 Å². The Morgan fingerprint density at radius 2 is 1.65 bits per heavy atom. The highest BCUT2D eigenvalue weighted by Crippen LogP contribution is 2.34. The lowest BCUT2D eigenvalue weighted by molar-refractivity contribution is -0.131. The van der Waals surface area contributed by atoms with Crippen LogP contribution in [0.2, 0.25) is 0 Å². The van der Waals surface area contributed by atoms with Gasteiger partial charge in [-0.1, -0.05) is 18.2 Å². The van der Waals surface area contributed by atoms with Gasteiger partial charge in [0.1, 0.15) is 12.4 Å². The molecule has 0 aromatic heterocycles. The molecule has 0 saturated carbocycles. The Bertz CT molecular complexity index is 1490. The van der Waals surface area contributed by atoms with E-state index in [1.807, 2.05) is 18.2 Å². The fourth-order valence-electron chi connectivity index (χ4n) is 4.73. The maximum atomic E-state index is 14.9. The summed E-state index contributed by atoms with van der Waals surface area (Å²) in [4.78, 5) is 17.0. The molecule has 0 atom stereocenters. The van der Waals surface area contributed by atoms with Crippen LogP contribution in [-0.2, 0) is 21.4 Å². The van der Waals surface area contributed by atoms with Crippen molar-refractivity contribution in [2.75, 3.05) is 58.0 Å². The predicted octanol–water partition coefficient (Wildman–Crippen LogP) is 3.11. The zero-order valence-electron chi connectivity index (χ0n) is 22.2. The summed E-state index contributed by atoms with van der Waals surface area (Å²) in [6.07, 6.45) is 0. The molecular formula is C28H30FN3O7S. The number of rotatable bonds is 9. The van der Waals surface area contributed by atoms with Gasteiger partial charge in [-0.3, -0.25) is 14.0 Å². The number of halogens is 1. The highest BCUT2D eigenvalue weighted by atomic mass is 32.2. The highest BCUT2D eigenvalue weighted by molar-refractivity contribution is 7.92. The van der Waals surface area contributed by atoms with Crippen molar-refractivity contribution >= 4 is 21.6 Å². The van der Waals surface area contributed by atoms with Crippen LogP contribution in [0.3, 0.4) is 0 Å². The van der Waals surface area contributed by atoms with E-state index >= 15 is 0 Å². The zero-order chi connectivity index (χ0) is 28.3. The summed E-state index contributed by atoms with van der Waals surface area (Å²) in [5, 5.41) is 0. The SMILES string of the molecule is COc1ccc(S(=O)(=O)N(CC(=O)N2CCN(Cc3ccc4c(c3)OCO4)CC2)c2ccccc2F)cc1OC. The van der Waals surface area contributed by atoms with Gasteiger partial charge in [0.15, 0.2) is 23.0 Å². The standard InChI is InChI=1S/C28H30FN3O7S/c1-36-24-10-8-21(16-26(24)37-2)40(34,35)32(23-6-4-3-5-22(23)29)18-28(33)31-13-11-30(12-14-31)17-20-7-9-25-27(15-20)39-19-38-25/h3-10,15-16H,11-14,17-19H2,1-2H3. The minimum atomic E-state index is -4.35. The van der Waals surface area contributed by atoms with Crippen LogP contribution in [0.1, 0.15) is 5.56 Å². The third kappa shape index (κ3) is 5.63. The quantitative estimate of drug-likeness (QED) is 0.387. The lowest BCUT2D eigenvalue weighted by Crippen LogP contribution is -2.51. The molecule has 2 aliphatic heterocycles. The van der Waals surface area contributed by atoms with E-state index in [4.69, 9.17) is 18.9 Å². The van der Waals surface area contributed by atoms with Crippen LogP contribution in [0.15, 0.2) is 65.6 Å². The van der Waals surface area contributed by atoms with Gasteiger partial charge >= 0.3 is 0 Å². The molecule has 0 bridgehead atoms. The lowest BCUT2D eigenvalue weighted by Gasteiger charge is -2.36. The van der Waals surface area contributed by atoms with Crippen LogP contribution < -0.4 is 23.3 Å². The Kier molecular flexibility index (Phi) is 7.99. The molecule has 2 heterocycles. The summed E-state index contributed by atoms with van der Waals surface area (Å²) in [7, 11) is -1.52. The van der Waals surface area contributed by atoms with E-state index in [2.05, 4.69) is 4.90 Å². The molecule has 1 saturated heterocycles. The van der Waals surface area contributed by atoms with Crippen LogP contribution in [0.25, 0.3) is 0 Å². The third-order valence-electron chi connectivity index (χ3n) is 6.91. The second kappa shape index (κ2) is 11.6. The van der Waals surface area contributed by atoms with Crippen LogP contribution in [0.5, 0.6) is 23.0 Å². The number of carbonyl (C=O) groups excluding carboxylic acids is 1. The van der Waals surface area contributed by atoms with Crippen molar-refractivity contribution in [1.29, 1.82) is 0 Å². The number of fused-ring (bicyclic) bond motifs is 1. The van der Waals surface area contributed by atoms with Gasteiger partial charge < -0.3 is 23.8 Å². The summed E-state index contributed by atoms with van der Waals surface area (Å²) < 4.78 is 64.5. The van der Waals surface area contributed by atoms with Crippen molar-refractivity contribution in [2.24, 2.45) is 0 Å². The molecule has 0 N–H and O–H groups in total. The number of ether oxygens (including phenoxy) is 4.